The maximum atomic E-state index is 12.6. The first-order chi connectivity index (χ1) is 12.3. The molecule has 0 bridgehead atoms. The molecule has 0 aliphatic carbocycles. The molecule has 0 unspecified atom stereocenters. The molecule has 0 saturated carbocycles. The second-order valence-electron chi connectivity index (χ2n) is 6.17. The summed E-state index contributed by atoms with van der Waals surface area (Å²) in [6.45, 7) is 2.56. The molecule has 1 aliphatic rings. The van der Waals surface area contributed by atoms with Crippen LogP contribution >= 0.6 is 11.6 Å². The highest BCUT2D eigenvalue weighted by Crippen LogP contribution is 2.36. The van der Waals surface area contributed by atoms with Crippen molar-refractivity contribution in [3.05, 3.63) is 17.2 Å². The predicted molar refractivity (Wildman–Crippen MR) is 102 cm³/mol. The zero-order chi connectivity index (χ0) is 19.3. The largest absolute Gasteiger partial charge is 0.495 e. The molecule has 1 N–H and O–H groups in total. The van der Waals surface area contributed by atoms with Crippen LogP contribution in [0.4, 0.5) is 5.69 Å². The quantitative estimate of drug-likeness (QED) is 0.755. The third kappa shape index (κ3) is 4.81. The van der Waals surface area contributed by atoms with Crippen LogP contribution in [0.15, 0.2) is 12.1 Å². The number of piperidine rings is 1. The lowest BCUT2D eigenvalue weighted by molar-refractivity contribution is -0.120. The van der Waals surface area contributed by atoms with E-state index in [9.17, 15) is 13.2 Å². The van der Waals surface area contributed by atoms with Crippen molar-refractivity contribution in [3.8, 4) is 11.5 Å². The van der Waals surface area contributed by atoms with E-state index in [2.05, 4.69) is 5.32 Å². The van der Waals surface area contributed by atoms with Gasteiger partial charge in [-0.1, -0.05) is 18.5 Å². The zero-order valence-electron chi connectivity index (χ0n) is 15.2. The number of hydrogen-bond donors (Lipinski definition) is 1. The number of carbonyl (C=O) groups is 1. The minimum atomic E-state index is -3.22. The van der Waals surface area contributed by atoms with Crippen molar-refractivity contribution < 1.29 is 22.7 Å². The number of nitrogens with zero attached hydrogens (tertiary/aromatic N) is 1. The van der Waals surface area contributed by atoms with Gasteiger partial charge < -0.3 is 14.8 Å². The van der Waals surface area contributed by atoms with Crippen LogP contribution in [-0.2, 0) is 14.8 Å². The van der Waals surface area contributed by atoms with E-state index in [-0.39, 0.29) is 17.6 Å². The van der Waals surface area contributed by atoms with Gasteiger partial charge in [0.2, 0.25) is 15.9 Å². The molecule has 1 aromatic rings. The van der Waals surface area contributed by atoms with Crippen molar-refractivity contribution in [3.63, 3.8) is 0 Å². The summed E-state index contributed by atoms with van der Waals surface area (Å²) < 4.78 is 36.2. The Bertz CT molecular complexity index is 746. The normalized spacial score (nSPS) is 16.3. The van der Waals surface area contributed by atoms with Gasteiger partial charge in [0.15, 0.2) is 0 Å². The van der Waals surface area contributed by atoms with Crippen LogP contribution in [0.1, 0.15) is 26.2 Å². The lowest BCUT2D eigenvalue weighted by atomic mass is 9.97. The molecule has 1 fully saturated rings. The molecule has 0 radical (unpaired) electrons. The third-order valence-corrected chi connectivity index (χ3v) is 6.78. The number of methoxy groups -OCH3 is 2. The molecule has 9 heteroatoms. The Morgan fingerprint density at radius 1 is 1.23 bits per heavy atom. The van der Waals surface area contributed by atoms with Gasteiger partial charge in [-0.15, -0.1) is 0 Å². The van der Waals surface area contributed by atoms with Crippen molar-refractivity contribution in [2.75, 3.05) is 38.4 Å². The number of benzene rings is 1. The number of ether oxygens (including phenoxy) is 2. The first-order valence-electron chi connectivity index (χ1n) is 8.52. The van der Waals surface area contributed by atoms with E-state index in [0.29, 0.717) is 54.6 Å². The molecular formula is C17H25ClN2O5S. The van der Waals surface area contributed by atoms with Crippen LogP contribution < -0.4 is 14.8 Å². The van der Waals surface area contributed by atoms with Crippen LogP contribution in [0.2, 0.25) is 5.02 Å². The Kier molecular flexibility index (Phi) is 7.14. The first-order valence-corrected chi connectivity index (χ1v) is 10.5. The van der Waals surface area contributed by atoms with Gasteiger partial charge in [-0.25, -0.2) is 12.7 Å². The fourth-order valence-corrected chi connectivity index (χ4v) is 4.75. The number of hydrogen-bond acceptors (Lipinski definition) is 5. The maximum absolute atomic E-state index is 12.6. The summed E-state index contributed by atoms with van der Waals surface area (Å²) in [4.78, 5) is 12.6. The fraction of sp³-hybridized carbons (Fsp3) is 0.588. The molecular weight excluding hydrogens is 380 g/mol. The summed E-state index contributed by atoms with van der Waals surface area (Å²) in [5.41, 5.74) is 0.472. The van der Waals surface area contributed by atoms with Gasteiger partial charge in [0, 0.05) is 31.1 Å². The lowest BCUT2D eigenvalue weighted by Crippen LogP contribution is -2.42. The molecule has 1 heterocycles. The van der Waals surface area contributed by atoms with Gasteiger partial charge >= 0.3 is 0 Å². The first kappa shape index (κ1) is 20.8. The number of sulfonamides is 1. The monoisotopic (exact) mass is 404 g/mol. The molecule has 1 aliphatic heterocycles. The Labute approximate surface area is 159 Å². The van der Waals surface area contributed by atoms with E-state index in [0.717, 1.165) is 0 Å². The number of anilines is 1. The van der Waals surface area contributed by atoms with Crippen LogP contribution in [-0.4, -0.2) is 51.7 Å². The summed E-state index contributed by atoms with van der Waals surface area (Å²) in [5.74, 6) is 0.594. The Hall–Kier alpha value is -1.51. The van der Waals surface area contributed by atoms with Crippen LogP contribution in [0.3, 0.4) is 0 Å². The van der Waals surface area contributed by atoms with Crippen molar-refractivity contribution >= 4 is 33.2 Å². The SMILES string of the molecule is CCCS(=O)(=O)N1CCC(C(=O)Nc2cc(OC)c(Cl)cc2OC)CC1. The molecule has 1 amide bonds. The highest BCUT2D eigenvalue weighted by atomic mass is 35.5. The number of nitrogens with one attached hydrogen (secondary N) is 1. The molecule has 1 aromatic carbocycles. The highest BCUT2D eigenvalue weighted by molar-refractivity contribution is 7.89. The third-order valence-electron chi connectivity index (χ3n) is 4.41. The summed E-state index contributed by atoms with van der Waals surface area (Å²) in [6.07, 6.45) is 1.56. The van der Waals surface area contributed by atoms with Crippen LogP contribution in [0.5, 0.6) is 11.5 Å². The summed E-state index contributed by atoms with van der Waals surface area (Å²) in [5, 5.41) is 3.23. The zero-order valence-corrected chi connectivity index (χ0v) is 16.8. The molecule has 0 atom stereocenters. The average Bonchev–Trinajstić information content (AvgIpc) is 2.62. The standard InChI is InChI=1S/C17H25ClN2O5S/c1-4-9-26(22,23)20-7-5-12(6-8-20)17(21)19-14-11-15(24-2)13(18)10-16(14)25-3/h10-12H,4-9H2,1-3H3,(H,19,21). The average molecular weight is 405 g/mol. The molecule has 2 rings (SSSR count). The minimum absolute atomic E-state index is 0.144. The Morgan fingerprint density at radius 3 is 2.38 bits per heavy atom. The predicted octanol–water partition coefficient (Wildman–Crippen LogP) is 2.75. The van der Waals surface area contributed by atoms with E-state index in [1.807, 2.05) is 6.92 Å². The Balaban J connectivity index is 2.04. The molecule has 0 aromatic heterocycles. The smallest absolute Gasteiger partial charge is 0.227 e. The van der Waals surface area contributed by atoms with Gasteiger partial charge in [0.05, 0.1) is 30.7 Å². The van der Waals surface area contributed by atoms with E-state index in [4.69, 9.17) is 21.1 Å². The molecule has 1 saturated heterocycles. The number of amides is 1. The van der Waals surface area contributed by atoms with Crippen molar-refractivity contribution in [2.45, 2.75) is 26.2 Å². The van der Waals surface area contributed by atoms with Crippen LogP contribution in [0, 0.1) is 5.92 Å². The van der Waals surface area contributed by atoms with Crippen molar-refractivity contribution in [2.24, 2.45) is 5.92 Å². The van der Waals surface area contributed by atoms with Gasteiger partial charge in [0.25, 0.3) is 0 Å². The van der Waals surface area contributed by atoms with E-state index in [1.54, 1.807) is 12.1 Å². The second kappa shape index (κ2) is 8.92. The second-order valence-corrected chi connectivity index (χ2v) is 8.66. The number of halogens is 1. The van der Waals surface area contributed by atoms with Gasteiger partial charge in [-0.3, -0.25) is 4.79 Å². The lowest BCUT2D eigenvalue weighted by Gasteiger charge is -2.30. The topological polar surface area (TPSA) is 84.9 Å². The molecule has 146 valence electrons. The summed E-state index contributed by atoms with van der Waals surface area (Å²) >= 11 is 6.07. The summed E-state index contributed by atoms with van der Waals surface area (Å²) in [7, 11) is -0.233. The number of rotatable bonds is 7. The van der Waals surface area contributed by atoms with E-state index >= 15 is 0 Å². The van der Waals surface area contributed by atoms with Gasteiger partial charge in [-0.05, 0) is 19.3 Å². The minimum Gasteiger partial charge on any atom is -0.495 e. The van der Waals surface area contributed by atoms with Crippen LogP contribution in [0.25, 0.3) is 0 Å². The summed E-state index contributed by atoms with van der Waals surface area (Å²) in [6, 6.07) is 3.19. The van der Waals surface area contributed by atoms with E-state index in [1.165, 1.54) is 18.5 Å². The molecule has 0 spiro atoms. The highest BCUT2D eigenvalue weighted by Gasteiger charge is 2.31. The molecule has 7 nitrogen and oxygen atoms in total. The van der Waals surface area contributed by atoms with E-state index < -0.39 is 10.0 Å². The fourth-order valence-electron chi connectivity index (χ4n) is 2.98. The molecule has 26 heavy (non-hydrogen) atoms. The van der Waals surface area contributed by atoms with Crippen molar-refractivity contribution in [1.29, 1.82) is 0 Å². The van der Waals surface area contributed by atoms with Gasteiger partial charge in [0.1, 0.15) is 11.5 Å². The Morgan fingerprint density at radius 2 is 1.85 bits per heavy atom. The maximum Gasteiger partial charge on any atom is 0.227 e. The number of carbonyl (C=O) groups excluding carboxylic acids is 1. The van der Waals surface area contributed by atoms with Gasteiger partial charge in [-0.2, -0.15) is 0 Å². The van der Waals surface area contributed by atoms with Crippen molar-refractivity contribution in [1.82, 2.24) is 4.31 Å².